The number of hydrogen-bond donors (Lipinski definition) is 1. The summed E-state index contributed by atoms with van der Waals surface area (Å²) in [4.78, 5) is 21.3. The van der Waals surface area contributed by atoms with Gasteiger partial charge in [0.2, 0.25) is 5.91 Å². The van der Waals surface area contributed by atoms with Crippen LogP contribution in [-0.2, 0) is 4.79 Å². The van der Waals surface area contributed by atoms with Gasteiger partial charge in [-0.25, -0.2) is 0 Å². The van der Waals surface area contributed by atoms with E-state index in [0.29, 0.717) is 10.2 Å². The van der Waals surface area contributed by atoms with Crippen LogP contribution in [0.1, 0.15) is 6.92 Å². The number of benzene rings is 1. The Kier molecular flexibility index (Phi) is 4.19. The van der Waals surface area contributed by atoms with Crippen LogP contribution in [0, 0.1) is 10.1 Å². The second-order valence-electron chi connectivity index (χ2n) is 2.91. The van der Waals surface area contributed by atoms with Crippen LogP contribution in [0.25, 0.3) is 0 Å². The van der Waals surface area contributed by atoms with Crippen LogP contribution < -0.4 is 5.32 Å². The van der Waals surface area contributed by atoms with Crippen molar-refractivity contribution in [2.45, 2.75) is 6.92 Å². The van der Waals surface area contributed by atoms with Crippen LogP contribution in [0.15, 0.2) is 34.8 Å². The van der Waals surface area contributed by atoms with Crippen LogP contribution in [0.2, 0.25) is 0 Å². The van der Waals surface area contributed by atoms with Crippen LogP contribution >= 0.6 is 15.9 Å². The van der Waals surface area contributed by atoms with Crippen molar-refractivity contribution in [1.82, 2.24) is 0 Å². The normalized spacial score (nSPS) is 10.4. The predicted molar refractivity (Wildman–Crippen MR) is 64.2 cm³/mol. The number of carbonyl (C=O) groups excluding carboxylic acids is 1. The molecule has 0 fully saturated rings. The lowest BCUT2D eigenvalue weighted by Crippen LogP contribution is -2.08. The molecule has 0 aliphatic carbocycles. The first-order chi connectivity index (χ1) is 7.54. The van der Waals surface area contributed by atoms with Crippen molar-refractivity contribution in [3.63, 3.8) is 0 Å². The predicted octanol–water partition coefficient (Wildman–Crippen LogP) is 2.87. The van der Waals surface area contributed by atoms with E-state index in [-0.39, 0.29) is 11.6 Å². The highest BCUT2D eigenvalue weighted by molar-refractivity contribution is 9.10. The number of nitro groups is 1. The average molecular weight is 285 g/mol. The maximum absolute atomic E-state index is 11.3. The molecule has 1 N–H and O–H groups in total. The van der Waals surface area contributed by atoms with Gasteiger partial charge >= 0.3 is 0 Å². The number of hydrogen-bond acceptors (Lipinski definition) is 3. The minimum atomic E-state index is -0.516. The largest absolute Gasteiger partial charge is 0.321 e. The summed E-state index contributed by atoms with van der Waals surface area (Å²) in [5, 5.41) is 13.1. The Morgan fingerprint density at radius 1 is 1.56 bits per heavy atom. The monoisotopic (exact) mass is 284 g/mol. The van der Waals surface area contributed by atoms with E-state index in [4.69, 9.17) is 0 Å². The molecule has 0 aliphatic heterocycles. The summed E-state index contributed by atoms with van der Waals surface area (Å²) < 4.78 is 0.593. The number of allylic oxidation sites excluding steroid dienone is 1. The Morgan fingerprint density at radius 3 is 2.81 bits per heavy atom. The Hall–Kier alpha value is -1.69. The van der Waals surface area contributed by atoms with E-state index in [9.17, 15) is 14.9 Å². The van der Waals surface area contributed by atoms with Gasteiger partial charge in [-0.15, -0.1) is 0 Å². The zero-order valence-corrected chi connectivity index (χ0v) is 10.0. The van der Waals surface area contributed by atoms with Crippen molar-refractivity contribution in [2.24, 2.45) is 0 Å². The smallest absolute Gasteiger partial charge is 0.271 e. The maximum atomic E-state index is 11.3. The fourth-order valence-electron chi connectivity index (χ4n) is 1.05. The van der Waals surface area contributed by atoms with Crippen molar-refractivity contribution in [1.29, 1.82) is 0 Å². The minimum absolute atomic E-state index is 0.0704. The van der Waals surface area contributed by atoms with E-state index in [2.05, 4.69) is 21.2 Å². The second-order valence-corrected chi connectivity index (χ2v) is 3.76. The summed E-state index contributed by atoms with van der Waals surface area (Å²) in [5.41, 5.74) is 0.302. The molecule has 1 aromatic rings. The molecule has 84 valence electrons. The third-order valence-corrected chi connectivity index (χ3v) is 2.43. The number of anilines is 1. The van der Waals surface area contributed by atoms with E-state index in [1.807, 2.05) is 0 Å². The second kappa shape index (κ2) is 5.41. The molecule has 0 atom stereocenters. The SMILES string of the molecule is C/C=C/C(=O)Nc1cc([N+](=O)[O-])ccc1Br. The van der Waals surface area contributed by atoms with Crippen molar-refractivity contribution in [2.75, 3.05) is 5.32 Å². The van der Waals surface area contributed by atoms with Crippen LogP contribution in [0.4, 0.5) is 11.4 Å². The average Bonchev–Trinajstić information content (AvgIpc) is 2.21. The molecule has 0 spiro atoms. The van der Waals surface area contributed by atoms with E-state index in [1.165, 1.54) is 24.3 Å². The highest BCUT2D eigenvalue weighted by Gasteiger charge is 2.10. The Bertz CT molecular complexity index is 457. The first kappa shape index (κ1) is 12.4. The van der Waals surface area contributed by atoms with Gasteiger partial charge in [0.05, 0.1) is 10.6 Å². The molecule has 0 bridgehead atoms. The molecule has 0 unspecified atom stereocenters. The van der Waals surface area contributed by atoms with E-state index < -0.39 is 4.92 Å². The summed E-state index contributed by atoms with van der Waals surface area (Å²) in [7, 11) is 0. The molecule has 0 saturated heterocycles. The highest BCUT2D eigenvalue weighted by atomic mass is 79.9. The molecule has 0 saturated carbocycles. The van der Waals surface area contributed by atoms with Crippen molar-refractivity contribution >= 4 is 33.2 Å². The van der Waals surface area contributed by atoms with Crippen molar-refractivity contribution < 1.29 is 9.72 Å². The van der Waals surface area contributed by atoms with Gasteiger partial charge in [0.1, 0.15) is 0 Å². The standard InChI is InChI=1S/C10H9BrN2O3/c1-2-3-10(14)12-9-6-7(13(15)16)4-5-8(9)11/h2-6H,1H3,(H,12,14)/b3-2+. The number of nitro benzene ring substituents is 1. The summed E-state index contributed by atoms with van der Waals surface area (Å²) in [6.07, 6.45) is 2.92. The number of nitrogens with zero attached hydrogens (tertiary/aromatic N) is 1. The van der Waals surface area contributed by atoms with Crippen molar-refractivity contribution in [3.8, 4) is 0 Å². The van der Waals surface area contributed by atoms with Gasteiger partial charge in [0.15, 0.2) is 0 Å². The zero-order chi connectivity index (χ0) is 12.1. The number of carbonyl (C=O) groups is 1. The fourth-order valence-corrected chi connectivity index (χ4v) is 1.39. The first-order valence-corrected chi connectivity index (χ1v) is 5.21. The van der Waals surface area contributed by atoms with Gasteiger partial charge in [0, 0.05) is 16.6 Å². The van der Waals surface area contributed by atoms with E-state index >= 15 is 0 Å². The Morgan fingerprint density at radius 2 is 2.25 bits per heavy atom. The van der Waals surface area contributed by atoms with Gasteiger partial charge < -0.3 is 5.32 Å². The highest BCUT2D eigenvalue weighted by Crippen LogP contribution is 2.26. The van der Waals surface area contributed by atoms with Gasteiger partial charge in [-0.3, -0.25) is 14.9 Å². The Labute approximate surface area is 100 Å². The van der Waals surface area contributed by atoms with E-state index in [0.717, 1.165) is 0 Å². The third kappa shape index (κ3) is 3.16. The summed E-state index contributed by atoms with van der Waals surface area (Å²) in [6.45, 7) is 1.71. The molecule has 1 amide bonds. The van der Waals surface area contributed by atoms with E-state index in [1.54, 1.807) is 13.0 Å². The van der Waals surface area contributed by atoms with Crippen LogP contribution in [0.3, 0.4) is 0 Å². The lowest BCUT2D eigenvalue weighted by atomic mass is 10.3. The number of rotatable bonds is 3. The number of nitrogens with one attached hydrogen (secondary N) is 1. The molecular formula is C10H9BrN2O3. The molecule has 0 heterocycles. The summed E-state index contributed by atoms with van der Waals surface area (Å²) >= 11 is 3.20. The minimum Gasteiger partial charge on any atom is -0.321 e. The van der Waals surface area contributed by atoms with Gasteiger partial charge in [-0.2, -0.15) is 0 Å². The number of amides is 1. The van der Waals surface area contributed by atoms with Crippen LogP contribution in [0.5, 0.6) is 0 Å². The first-order valence-electron chi connectivity index (χ1n) is 4.42. The number of halogens is 1. The number of non-ortho nitro benzene ring substituents is 1. The van der Waals surface area contributed by atoms with Gasteiger partial charge in [-0.1, -0.05) is 6.08 Å². The van der Waals surface area contributed by atoms with Crippen molar-refractivity contribution in [3.05, 3.63) is 44.9 Å². The van der Waals surface area contributed by atoms with Crippen LogP contribution in [-0.4, -0.2) is 10.8 Å². The van der Waals surface area contributed by atoms with Gasteiger partial charge in [-0.05, 0) is 35.0 Å². The zero-order valence-electron chi connectivity index (χ0n) is 8.44. The molecule has 16 heavy (non-hydrogen) atoms. The third-order valence-electron chi connectivity index (χ3n) is 1.74. The molecule has 1 aromatic carbocycles. The van der Waals surface area contributed by atoms with Gasteiger partial charge in [0.25, 0.3) is 5.69 Å². The molecule has 1 rings (SSSR count). The lowest BCUT2D eigenvalue weighted by molar-refractivity contribution is -0.384. The molecule has 0 aromatic heterocycles. The molecule has 5 nitrogen and oxygen atoms in total. The summed E-state index contributed by atoms with van der Waals surface area (Å²) in [5.74, 6) is -0.330. The molecular weight excluding hydrogens is 276 g/mol. The quantitative estimate of drug-likeness (QED) is 0.527. The Balaban J connectivity index is 2.98. The summed E-state index contributed by atoms with van der Waals surface area (Å²) in [6, 6.07) is 4.17. The molecule has 0 radical (unpaired) electrons. The lowest BCUT2D eigenvalue weighted by Gasteiger charge is -2.04. The fraction of sp³-hybridized carbons (Fsp3) is 0.100. The maximum Gasteiger partial charge on any atom is 0.271 e. The molecule has 0 aliphatic rings. The molecule has 6 heteroatoms. The topological polar surface area (TPSA) is 72.2 Å².